The summed E-state index contributed by atoms with van der Waals surface area (Å²) in [6.07, 6.45) is 2.51. The molecule has 0 amide bonds. The van der Waals surface area contributed by atoms with E-state index in [1.165, 1.54) is 24.3 Å². The molecule has 1 unspecified atom stereocenters. The number of rotatable bonds is 11. The third-order valence-corrected chi connectivity index (χ3v) is 4.76. The molecule has 0 bridgehead atoms. The van der Waals surface area contributed by atoms with Gasteiger partial charge in [0.25, 0.3) is 0 Å². The van der Waals surface area contributed by atoms with Gasteiger partial charge >= 0.3 is 5.97 Å². The Morgan fingerprint density at radius 1 is 1.33 bits per heavy atom. The van der Waals surface area contributed by atoms with Crippen LogP contribution in [0.2, 0.25) is 0 Å². The minimum atomic E-state index is -0.763. The van der Waals surface area contributed by atoms with Crippen molar-refractivity contribution in [3.8, 4) is 0 Å². The zero-order chi connectivity index (χ0) is 15.7. The van der Waals surface area contributed by atoms with E-state index in [0.29, 0.717) is 6.04 Å². The van der Waals surface area contributed by atoms with Crippen LogP contribution in [0, 0.1) is 0 Å². The molecule has 0 radical (unpaired) electrons. The first kappa shape index (κ1) is 18.1. The standard InChI is InChI=1S/C16H28N2O2S/c1-4-18(5-2)10-6-7-13(3)17-12-15-9-8-14(21-15)11-16(19)20/h8-9,13,17H,4-7,10-12H2,1-3H3,(H,19,20). The van der Waals surface area contributed by atoms with Crippen LogP contribution >= 0.6 is 11.3 Å². The minimum absolute atomic E-state index is 0.129. The molecular formula is C16H28N2O2S. The lowest BCUT2D eigenvalue weighted by Crippen LogP contribution is -2.28. The number of carbonyl (C=O) groups is 1. The number of thiophene rings is 1. The molecule has 120 valence electrons. The first-order valence-electron chi connectivity index (χ1n) is 7.80. The van der Waals surface area contributed by atoms with Crippen LogP contribution in [0.3, 0.4) is 0 Å². The van der Waals surface area contributed by atoms with Gasteiger partial charge in [0, 0.05) is 22.3 Å². The van der Waals surface area contributed by atoms with Gasteiger partial charge in [0.15, 0.2) is 0 Å². The fourth-order valence-electron chi connectivity index (χ4n) is 2.30. The zero-order valence-corrected chi connectivity index (χ0v) is 14.2. The number of hydrogen-bond acceptors (Lipinski definition) is 4. The van der Waals surface area contributed by atoms with Gasteiger partial charge in [0.2, 0.25) is 0 Å². The van der Waals surface area contributed by atoms with Crippen molar-refractivity contribution in [2.24, 2.45) is 0 Å². The number of aliphatic carboxylic acids is 1. The summed E-state index contributed by atoms with van der Waals surface area (Å²) in [6, 6.07) is 4.44. The highest BCUT2D eigenvalue weighted by Gasteiger charge is 2.07. The molecule has 0 aliphatic carbocycles. The van der Waals surface area contributed by atoms with Gasteiger partial charge in [-0.25, -0.2) is 0 Å². The van der Waals surface area contributed by atoms with Crippen molar-refractivity contribution in [3.63, 3.8) is 0 Å². The number of nitrogens with one attached hydrogen (secondary N) is 1. The van der Waals surface area contributed by atoms with Gasteiger partial charge in [-0.2, -0.15) is 0 Å². The highest BCUT2D eigenvalue weighted by molar-refractivity contribution is 7.12. The van der Waals surface area contributed by atoms with Crippen LogP contribution in [0.15, 0.2) is 12.1 Å². The van der Waals surface area contributed by atoms with Crippen LogP contribution in [0.4, 0.5) is 0 Å². The van der Waals surface area contributed by atoms with E-state index >= 15 is 0 Å². The van der Waals surface area contributed by atoms with E-state index in [0.717, 1.165) is 24.5 Å². The number of carboxylic acid groups (broad SMARTS) is 1. The summed E-state index contributed by atoms with van der Waals surface area (Å²) in [5.74, 6) is -0.763. The molecular weight excluding hydrogens is 284 g/mol. The Labute approximate surface area is 132 Å². The molecule has 1 aromatic heterocycles. The third-order valence-electron chi connectivity index (χ3n) is 3.67. The summed E-state index contributed by atoms with van der Waals surface area (Å²) in [7, 11) is 0. The van der Waals surface area contributed by atoms with Crippen molar-refractivity contribution < 1.29 is 9.90 Å². The molecule has 0 aliphatic heterocycles. The maximum absolute atomic E-state index is 10.7. The molecule has 1 heterocycles. The number of carboxylic acids is 1. The van der Waals surface area contributed by atoms with Crippen LogP contribution in [0.5, 0.6) is 0 Å². The predicted molar refractivity (Wildman–Crippen MR) is 89.0 cm³/mol. The number of hydrogen-bond donors (Lipinski definition) is 2. The number of nitrogens with zero attached hydrogens (tertiary/aromatic N) is 1. The first-order chi connectivity index (χ1) is 10.0. The maximum Gasteiger partial charge on any atom is 0.308 e. The van der Waals surface area contributed by atoms with Crippen molar-refractivity contribution in [1.82, 2.24) is 10.2 Å². The molecule has 1 aromatic rings. The molecule has 0 saturated heterocycles. The van der Waals surface area contributed by atoms with Gasteiger partial charge in [-0.3, -0.25) is 4.79 Å². The Kier molecular flexibility index (Phi) is 8.57. The second kappa shape index (κ2) is 9.92. The third kappa shape index (κ3) is 7.60. The van der Waals surface area contributed by atoms with E-state index in [9.17, 15) is 4.79 Å². The summed E-state index contributed by atoms with van der Waals surface area (Å²) in [5.41, 5.74) is 0. The molecule has 4 nitrogen and oxygen atoms in total. The Morgan fingerprint density at radius 3 is 2.62 bits per heavy atom. The minimum Gasteiger partial charge on any atom is -0.481 e. The van der Waals surface area contributed by atoms with Crippen LogP contribution in [-0.4, -0.2) is 41.7 Å². The molecule has 1 atom stereocenters. The van der Waals surface area contributed by atoms with Gasteiger partial charge in [-0.1, -0.05) is 13.8 Å². The van der Waals surface area contributed by atoms with Gasteiger partial charge in [0.1, 0.15) is 0 Å². The van der Waals surface area contributed by atoms with Gasteiger partial charge in [-0.15, -0.1) is 11.3 Å². The Morgan fingerprint density at radius 2 is 2.00 bits per heavy atom. The Bertz CT molecular complexity index is 416. The van der Waals surface area contributed by atoms with Crippen molar-refractivity contribution in [2.75, 3.05) is 19.6 Å². The SMILES string of the molecule is CCN(CC)CCCC(C)NCc1ccc(CC(=O)O)s1. The van der Waals surface area contributed by atoms with E-state index in [1.807, 2.05) is 12.1 Å². The summed E-state index contributed by atoms with van der Waals surface area (Å²) < 4.78 is 0. The smallest absolute Gasteiger partial charge is 0.308 e. The van der Waals surface area contributed by atoms with Crippen molar-refractivity contribution in [3.05, 3.63) is 21.9 Å². The van der Waals surface area contributed by atoms with Gasteiger partial charge in [-0.05, 0) is 51.5 Å². The van der Waals surface area contributed by atoms with Crippen LogP contribution in [0.1, 0.15) is 43.4 Å². The van der Waals surface area contributed by atoms with Gasteiger partial charge in [0.05, 0.1) is 6.42 Å². The molecule has 5 heteroatoms. The van der Waals surface area contributed by atoms with E-state index in [2.05, 4.69) is 31.0 Å². The molecule has 2 N–H and O–H groups in total. The Balaban J connectivity index is 2.21. The average Bonchev–Trinajstić information content (AvgIpc) is 2.88. The normalized spacial score (nSPS) is 12.8. The highest BCUT2D eigenvalue weighted by Crippen LogP contribution is 2.17. The maximum atomic E-state index is 10.7. The quantitative estimate of drug-likeness (QED) is 0.659. The van der Waals surface area contributed by atoms with E-state index in [-0.39, 0.29) is 6.42 Å². The van der Waals surface area contributed by atoms with Crippen molar-refractivity contribution >= 4 is 17.3 Å². The summed E-state index contributed by atoms with van der Waals surface area (Å²) in [5, 5.41) is 12.3. The van der Waals surface area contributed by atoms with Crippen LogP contribution < -0.4 is 5.32 Å². The second-order valence-corrected chi connectivity index (χ2v) is 6.64. The monoisotopic (exact) mass is 312 g/mol. The second-order valence-electron chi connectivity index (χ2n) is 5.39. The molecule has 0 aliphatic rings. The van der Waals surface area contributed by atoms with Crippen molar-refractivity contribution in [2.45, 2.75) is 52.6 Å². The van der Waals surface area contributed by atoms with E-state index in [1.54, 1.807) is 11.3 Å². The molecule has 1 rings (SSSR count). The fourth-order valence-corrected chi connectivity index (χ4v) is 3.26. The van der Waals surface area contributed by atoms with E-state index < -0.39 is 5.97 Å². The lowest BCUT2D eigenvalue weighted by molar-refractivity contribution is -0.136. The lowest BCUT2D eigenvalue weighted by atomic mass is 10.1. The Hall–Kier alpha value is -0.910. The fraction of sp³-hybridized carbons (Fsp3) is 0.688. The summed E-state index contributed by atoms with van der Waals surface area (Å²) >= 11 is 1.59. The molecule has 0 fully saturated rings. The highest BCUT2D eigenvalue weighted by atomic mass is 32.1. The molecule has 0 aromatic carbocycles. The average molecular weight is 312 g/mol. The molecule has 0 spiro atoms. The zero-order valence-electron chi connectivity index (χ0n) is 13.4. The first-order valence-corrected chi connectivity index (χ1v) is 8.61. The molecule has 0 saturated carbocycles. The molecule has 21 heavy (non-hydrogen) atoms. The van der Waals surface area contributed by atoms with Crippen LogP contribution in [-0.2, 0) is 17.8 Å². The van der Waals surface area contributed by atoms with Crippen molar-refractivity contribution in [1.29, 1.82) is 0 Å². The van der Waals surface area contributed by atoms with Gasteiger partial charge < -0.3 is 15.3 Å². The largest absolute Gasteiger partial charge is 0.481 e. The summed E-state index contributed by atoms with van der Waals surface area (Å²) in [6.45, 7) is 10.9. The predicted octanol–water partition coefficient (Wildman–Crippen LogP) is 2.98. The topological polar surface area (TPSA) is 52.6 Å². The lowest BCUT2D eigenvalue weighted by Gasteiger charge is -2.19. The van der Waals surface area contributed by atoms with E-state index in [4.69, 9.17) is 5.11 Å². The summed E-state index contributed by atoms with van der Waals surface area (Å²) in [4.78, 5) is 15.2. The van der Waals surface area contributed by atoms with Crippen LogP contribution in [0.25, 0.3) is 0 Å².